The molecular formula is C12H18ClNO. The summed E-state index contributed by atoms with van der Waals surface area (Å²) in [5.74, 6) is 0.853. The van der Waals surface area contributed by atoms with Crippen LogP contribution >= 0.6 is 11.6 Å². The Kier molecular flexibility index (Phi) is 5.51. The molecule has 0 aliphatic carbocycles. The summed E-state index contributed by atoms with van der Waals surface area (Å²) in [7, 11) is 1.67. The van der Waals surface area contributed by atoms with E-state index in [0.29, 0.717) is 5.02 Å². The van der Waals surface area contributed by atoms with E-state index in [0.717, 1.165) is 24.4 Å². The van der Waals surface area contributed by atoms with E-state index < -0.39 is 0 Å². The van der Waals surface area contributed by atoms with Crippen LogP contribution in [0, 0.1) is 0 Å². The van der Waals surface area contributed by atoms with Gasteiger partial charge in [0.15, 0.2) is 0 Å². The average molecular weight is 228 g/mol. The molecule has 0 unspecified atom stereocenters. The fraction of sp³-hybridized carbons (Fsp3) is 0.500. The first-order chi connectivity index (χ1) is 7.27. The number of hydrogen-bond donors (Lipinski definition) is 1. The number of ether oxygens (including phenoxy) is 1. The van der Waals surface area contributed by atoms with E-state index in [-0.39, 0.29) is 0 Å². The van der Waals surface area contributed by atoms with Crippen molar-refractivity contribution in [1.82, 2.24) is 5.32 Å². The van der Waals surface area contributed by atoms with E-state index >= 15 is 0 Å². The van der Waals surface area contributed by atoms with Crippen molar-refractivity contribution in [2.75, 3.05) is 13.7 Å². The Morgan fingerprint density at radius 3 is 2.87 bits per heavy atom. The van der Waals surface area contributed by atoms with Gasteiger partial charge < -0.3 is 10.1 Å². The summed E-state index contributed by atoms with van der Waals surface area (Å²) in [6.07, 6.45) is 2.42. The summed E-state index contributed by atoms with van der Waals surface area (Å²) >= 11 is 5.88. The maximum Gasteiger partial charge on any atom is 0.124 e. The monoisotopic (exact) mass is 227 g/mol. The zero-order valence-electron chi connectivity index (χ0n) is 9.35. The highest BCUT2D eigenvalue weighted by atomic mass is 35.5. The highest BCUT2D eigenvalue weighted by molar-refractivity contribution is 6.30. The van der Waals surface area contributed by atoms with Gasteiger partial charge in [-0.2, -0.15) is 0 Å². The van der Waals surface area contributed by atoms with Gasteiger partial charge in [-0.15, -0.1) is 0 Å². The van der Waals surface area contributed by atoms with Crippen molar-refractivity contribution in [3.05, 3.63) is 28.8 Å². The molecule has 0 aromatic heterocycles. The molecule has 0 spiro atoms. The van der Waals surface area contributed by atoms with Crippen LogP contribution in [-0.4, -0.2) is 13.7 Å². The molecule has 2 nitrogen and oxygen atoms in total. The summed E-state index contributed by atoms with van der Waals surface area (Å²) in [4.78, 5) is 0. The van der Waals surface area contributed by atoms with Crippen LogP contribution in [-0.2, 0) is 6.54 Å². The number of nitrogens with one attached hydrogen (secondary N) is 1. The lowest BCUT2D eigenvalue weighted by Gasteiger charge is -2.09. The Morgan fingerprint density at radius 2 is 2.20 bits per heavy atom. The second kappa shape index (κ2) is 6.70. The van der Waals surface area contributed by atoms with Crippen LogP contribution in [0.25, 0.3) is 0 Å². The van der Waals surface area contributed by atoms with Crippen molar-refractivity contribution >= 4 is 11.6 Å². The van der Waals surface area contributed by atoms with Crippen molar-refractivity contribution in [3.63, 3.8) is 0 Å². The van der Waals surface area contributed by atoms with Crippen LogP contribution in [0.1, 0.15) is 25.3 Å². The summed E-state index contributed by atoms with van der Waals surface area (Å²) in [5.41, 5.74) is 1.15. The van der Waals surface area contributed by atoms with Gasteiger partial charge in [0, 0.05) is 17.1 Å². The fourth-order valence-corrected chi connectivity index (χ4v) is 1.55. The Morgan fingerprint density at radius 1 is 1.40 bits per heavy atom. The third-order valence-corrected chi connectivity index (χ3v) is 2.51. The molecule has 1 rings (SSSR count). The maximum atomic E-state index is 5.88. The second-order valence-corrected chi connectivity index (χ2v) is 3.92. The third kappa shape index (κ3) is 4.10. The zero-order valence-corrected chi connectivity index (χ0v) is 10.1. The molecule has 15 heavy (non-hydrogen) atoms. The minimum absolute atomic E-state index is 0.712. The Hall–Kier alpha value is -0.730. The van der Waals surface area contributed by atoms with Crippen molar-refractivity contribution in [1.29, 1.82) is 0 Å². The van der Waals surface area contributed by atoms with Gasteiger partial charge in [0.25, 0.3) is 0 Å². The molecule has 0 saturated carbocycles. The first-order valence-electron chi connectivity index (χ1n) is 5.31. The molecular weight excluding hydrogens is 210 g/mol. The van der Waals surface area contributed by atoms with Crippen molar-refractivity contribution in [2.45, 2.75) is 26.3 Å². The topological polar surface area (TPSA) is 21.3 Å². The van der Waals surface area contributed by atoms with Crippen molar-refractivity contribution in [2.24, 2.45) is 0 Å². The number of rotatable bonds is 6. The van der Waals surface area contributed by atoms with Crippen LogP contribution in [0.3, 0.4) is 0 Å². The average Bonchev–Trinajstić information content (AvgIpc) is 2.26. The molecule has 0 aliphatic rings. The predicted molar refractivity (Wildman–Crippen MR) is 64.6 cm³/mol. The highest BCUT2D eigenvalue weighted by Crippen LogP contribution is 2.22. The zero-order chi connectivity index (χ0) is 11.1. The van der Waals surface area contributed by atoms with E-state index in [4.69, 9.17) is 16.3 Å². The minimum atomic E-state index is 0.712. The molecule has 0 radical (unpaired) electrons. The second-order valence-electron chi connectivity index (χ2n) is 3.49. The minimum Gasteiger partial charge on any atom is -0.496 e. The number of halogens is 1. The van der Waals surface area contributed by atoms with Gasteiger partial charge in [-0.25, -0.2) is 0 Å². The van der Waals surface area contributed by atoms with E-state index in [2.05, 4.69) is 12.2 Å². The van der Waals surface area contributed by atoms with Gasteiger partial charge in [0.2, 0.25) is 0 Å². The smallest absolute Gasteiger partial charge is 0.124 e. The predicted octanol–water partition coefficient (Wildman–Crippen LogP) is 3.24. The molecule has 3 heteroatoms. The van der Waals surface area contributed by atoms with E-state index in [1.165, 1.54) is 12.8 Å². The molecule has 0 atom stereocenters. The summed E-state index contributed by atoms with van der Waals surface area (Å²) in [6.45, 7) is 4.06. The van der Waals surface area contributed by atoms with Crippen LogP contribution in [0.15, 0.2) is 18.2 Å². The standard InChI is InChI=1S/C12H18ClNO/c1-3-4-7-14-9-10-5-6-11(13)8-12(10)15-2/h5-6,8,14H,3-4,7,9H2,1-2H3. The Labute approximate surface area is 96.6 Å². The van der Waals surface area contributed by atoms with Gasteiger partial charge in [-0.3, -0.25) is 0 Å². The molecule has 0 bridgehead atoms. The molecule has 1 N–H and O–H groups in total. The third-order valence-electron chi connectivity index (χ3n) is 2.27. The normalized spacial score (nSPS) is 10.3. The summed E-state index contributed by atoms with van der Waals surface area (Å²) in [6, 6.07) is 5.74. The first kappa shape index (κ1) is 12.3. The number of hydrogen-bond acceptors (Lipinski definition) is 2. The molecule has 0 heterocycles. The lowest BCUT2D eigenvalue weighted by molar-refractivity contribution is 0.407. The highest BCUT2D eigenvalue weighted by Gasteiger charge is 2.02. The fourth-order valence-electron chi connectivity index (χ4n) is 1.39. The van der Waals surface area contributed by atoms with Gasteiger partial charge in [0.05, 0.1) is 7.11 Å². The largest absolute Gasteiger partial charge is 0.496 e. The molecule has 0 fully saturated rings. The molecule has 0 saturated heterocycles. The van der Waals surface area contributed by atoms with Gasteiger partial charge >= 0.3 is 0 Å². The lowest BCUT2D eigenvalue weighted by atomic mass is 10.2. The Bertz CT molecular complexity index is 302. The molecule has 0 aliphatic heterocycles. The van der Waals surface area contributed by atoms with Gasteiger partial charge in [-0.1, -0.05) is 31.0 Å². The van der Waals surface area contributed by atoms with Crippen LogP contribution in [0.2, 0.25) is 5.02 Å². The maximum absolute atomic E-state index is 5.88. The summed E-state index contributed by atoms with van der Waals surface area (Å²) < 4.78 is 5.26. The molecule has 84 valence electrons. The number of unbranched alkanes of at least 4 members (excludes halogenated alkanes) is 1. The SMILES string of the molecule is CCCCNCc1ccc(Cl)cc1OC. The molecule has 1 aromatic carbocycles. The number of benzene rings is 1. The van der Waals surface area contributed by atoms with Crippen molar-refractivity contribution < 1.29 is 4.74 Å². The van der Waals surface area contributed by atoms with Crippen LogP contribution < -0.4 is 10.1 Å². The first-order valence-corrected chi connectivity index (χ1v) is 5.69. The molecule has 1 aromatic rings. The quantitative estimate of drug-likeness (QED) is 0.754. The van der Waals surface area contributed by atoms with Crippen LogP contribution in [0.4, 0.5) is 0 Å². The molecule has 0 amide bonds. The lowest BCUT2D eigenvalue weighted by Crippen LogP contribution is -2.14. The van der Waals surface area contributed by atoms with Crippen molar-refractivity contribution in [3.8, 4) is 5.75 Å². The van der Waals surface area contributed by atoms with E-state index in [1.807, 2.05) is 18.2 Å². The van der Waals surface area contributed by atoms with E-state index in [9.17, 15) is 0 Å². The van der Waals surface area contributed by atoms with E-state index in [1.54, 1.807) is 7.11 Å². The Balaban J connectivity index is 2.52. The van der Waals surface area contributed by atoms with Gasteiger partial charge in [-0.05, 0) is 25.1 Å². The number of methoxy groups -OCH3 is 1. The summed E-state index contributed by atoms with van der Waals surface area (Å²) in [5, 5.41) is 4.09. The van der Waals surface area contributed by atoms with Crippen LogP contribution in [0.5, 0.6) is 5.75 Å². The van der Waals surface area contributed by atoms with Gasteiger partial charge in [0.1, 0.15) is 5.75 Å².